The number of amides is 2. The Hall–Kier alpha value is -2.14. The number of fused-ring (bicyclic) bond motifs is 1. The van der Waals surface area contributed by atoms with Crippen LogP contribution >= 0.6 is 11.3 Å². The molecular formula is C18H20N2O2S. The van der Waals surface area contributed by atoms with E-state index in [2.05, 4.69) is 12.2 Å². The van der Waals surface area contributed by atoms with Gasteiger partial charge in [0.1, 0.15) is 5.00 Å². The molecule has 3 N–H and O–H groups in total. The smallest absolute Gasteiger partial charge is 0.251 e. The Morgan fingerprint density at radius 1 is 1.30 bits per heavy atom. The molecule has 23 heavy (non-hydrogen) atoms. The maximum atomic E-state index is 12.3. The van der Waals surface area contributed by atoms with E-state index in [1.165, 1.54) is 16.2 Å². The van der Waals surface area contributed by atoms with E-state index in [0.717, 1.165) is 30.4 Å². The number of carbonyl (C=O) groups is 2. The minimum Gasteiger partial charge on any atom is -0.365 e. The highest BCUT2D eigenvalue weighted by molar-refractivity contribution is 7.17. The van der Waals surface area contributed by atoms with Gasteiger partial charge in [0.2, 0.25) is 5.91 Å². The zero-order valence-corrected chi connectivity index (χ0v) is 13.9. The standard InChI is InChI=1S/C18H20N2O2S/c1-11-7-8-14-13(9-11)16(17(19)22)18(23-14)20-15(21)10-12-5-3-2-4-6-12/h2-6,11H,7-10H2,1H3,(H2,19,22)(H,20,21). The summed E-state index contributed by atoms with van der Waals surface area (Å²) in [5, 5.41) is 3.50. The lowest BCUT2D eigenvalue weighted by Crippen LogP contribution is -2.20. The molecule has 120 valence electrons. The maximum absolute atomic E-state index is 12.3. The summed E-state index contributed by atoms with van der Waals surface area (Å²) in [5.41, 5.74) is 8.07. The molecule has 1 aliphatic carbocycles. The van der Waals surface area contributed by atoms with E-state index in [1.807, 2.05) is 30.3 Å². The van der Waals surface area contributed by atoms with Crippen LogP contribution in [0.5, 0.6) is 0 Å². The lowest BCUT2D eigenvalue weighted by molar-refractivity contribution is -0.115. The summed E-state index contributed by atoms with van der Waals surface area (Å²) in [6.07, 6.45) is 3.22. The first-order valence-electron chi connectivity index (χ1n) is 7.82. The summed E-state index contributed by atoms with van der Waals surface area (Å²) in [7, 11) is 0. The second-order valence-corrected chi connectivity index (χ2v) is 7.24. The summed E-state index contributed by atoms with van der Waals surface area (Å²) in [6, 6.07) is 9.55. The molecule has 2 aromatic rings. The van der Waals surface area contributed by atoms with Crippen molar-refractivity contribution in [3.05, 3.63) is 51.9 Å². The number of carbonyl (C=O) groups excluding carboxylic acids is 2. The predicted octanol–water partition coefficient (Wildman–Crippen LogP) is 3.15. The Kier molecular flexibility index (Phi) is 4.48. The lowest BCUT2D eigenvalue weighted by atomic mass is 9.87. The molecule has 2 amide bonds. The number of nitrogens with one attached hydrogen (secondary N) is 1. The monoisotopic (exact) mass is 328 g/mol. The zero-order chi connectivity index (χ0) is 16.4. The molecule has 1 aliphatic rings. The van der Waals surface area contributed by atoms with E-state index in [0.29, 0.717) is 16.5 Å². The van der Waals surface area contributed by atoms with Crippen molar-refractivity contribution in [2.45, 2.75) is 32.6 Å². The highest BCUT2D eigenvalue weighted by Crippen LogP contribution is 2.39. The molecule has 1 heterocycles. The zero-order valence-electron chi connectivity index (χ0n) is 13.1. The van der Waals surface area contributed by atoms with E-state index in [9.17, 15) is 9.59 Å². The van der Waals surface area contributed by atoms with Crippen LogP contribution in [0.15, 0.2) is 30.3 Å². The average Bonchev–Trinajstić information content (AvgIpc) is 2.85. The van der Waals surface area contributed by atoms with Crippen molar-refractivity contribution in [2.24, 2.45) is 11.7 Å². The van der Waals surface area contributed by atoms with Gasteiger partial charge in [0.15, 0.2) is 0 Å². The van der Waals surface area contributed by atoms with Crippen LogP contribution in [0, 0.1) is 5.92 Å². The number of rotatable bonds is 4. The van der Waals surface area contributed by atoms with Gasteiger partial charge in [-0.1, -0.05) is 37.3 Å². The fourth-order valence-corrected chi connectivity index (χ4v) is 4.32. The Morgan fingerprint density at radius 3 is 2.74 bits per heavy atom. The first-order valence-corrected chi connectivity index (χ1v) is 8.64. The van der Waals surface area contributed by atoms with Crippen LogP contribution in [0.4, 0.5) is 5.00 Å². The third-order valence-corrected chi connectivity index (χ3v) is 5.42. The van der Waals surface area contributed by atoms with Gasteiger partial charge in [0.05, 0.1) is 12.0 Å². The van der Waals surface area contributed by atoms with Gasteiger partial charge in [-0.15, -0.1) is 11.3 Å². The van der Waals surface area contributed by atoms with E-state index < -0.39 is 5.91 Å². The van der Waals surface area contributed by atoms with Gasteiger partial charge in [-0.2, -0.15) is 0 Å². The SMILES string of the molecule is CC1CCc2sc(NC(=O)Cc3ccccc3)c(C(N)=O)c2C1. The van der Waals surface area contributed by atoms with Gasteiger partial charge < -0.3 is 11.1 Å². The van der Waals surface area contributed by atoms with Crippen molar-refractivity contribution < 1.29 is 9.59 Å². The first-order chi connectivity index (χ1) is 11.0. The second-order valence-electron chi connectivity index (χ2n) is 6.13. The maximum Gasteiger partial charge on any atom is 0.251 e. The van der Waals surface area contributed by atoms with E-state index in [1.54, 1.807) is 0 Å². The first kappa shape index (κ1) is 15.7. The Balaban J connectivity index is 1.82. The molecule has 1 aromatic heterocycles. The third-order valence-electron chi connectivity index (χ3n) is 4.21. The Labute approximate surface area is 139 Å². The third kappa shape index (κ3) is 3.45. The summed E-state index contributed by atoms with van der Waals surface area (Å²) in [6.45, 7) is 2.18. The Bertz CT molecular complexity index is 737. The Morgan fingerprint density at radius 2 is 2.04 bits per heavy atom. The molecule has 5 heteroatoms. The molecule has 1 aromatic carbocycles. The quantitative estimate of drug-likeness (QED) is 0.905. The van der Waals surface area contributed by atoms with Crippen molar-refractivity contribution in [3.8, 4) is 0 Å². The number of anilines is 1. The van der Waals surface area contributed by atoms with E-state index in [-0.39, 0.29) is 12.3 Å². The van der Waals surface area contributed by atoms with Crippen molar-refractivity contribution in [3.63, 3.8) is 0 Å². The van der Waals surface area contributed by atoms with Crippen LogP contribution in [0.2, 0.25) is 0 Å². The number of hydrogen-bond acceptors (Lipinski definition) is 3. The van der Waals surface area contributed by atoms with Crippen molar-refractivity contribution >= 4 is 28.2 Å². The molecule has 3 rings (SSSR count). The molecule has 0 spiro atoms. The van der Waals surface area contributed by atoms with Gasteiger partial charge in [0, 0.05) is 4.88 Å². The predicted molar refractivity (Wildman–Crippen MR) is 92.8 cm³/mol. The lowest BCUT2D eigenvalue weighted by Gasteiger charge is -2.18. The minimum atomic E-state index is -0.452. The summed E-state index contributed by atoms with van der Waals surface area (Å²) < 4.78 is 0. The number of hydrogen-bond donors (Lipinski definition) is 2. The molecule has 0 fully saturated rings. The fraction of sp³-hybridized carbons (Fsp3) is 0.333. The van der Waals surface area contributed by atoms with Gasteiger partial charge in [-0.3, -0.25) is 9.59 Å². The van der Waals surface area contributed by atoms with Crippen molar-refractivity contribution in [1.82, 2.24) is 0 Å². The average molecular weight is 328 g/mol. The fourth-order valence-electron chi connectivity index (χ4n) is 3.06. The van der Waals surface area contributed by atoms with E-state index >= 15 is 0 Å². The summed E-state index contributed by atoms with van der Waals surface area (Å²) >= 11 is 1.50. The van der Waals surface area contributed by atoms with Gasteiger partial charge in [0.25, 0.3) is 5.91 Å². The molecule has 0 aliphatic heterocycles. The molecular weight excluding hydrogens is 308 g/mol. The number of aryl methyl sites for hydroxylation is 1. The molecule has 0 saturated carbocycles. The number of nitrogens with two attached hydrogens (primary N) is 1. The normalized spacial score (nSPS) is 16.7. The minimum absolute atomic E-state index is 0.120. The summed E-state index contributed by atoms with van der Waals surface area (Å²) in [5.74, 6) is -0.0278. The van der Waals surface area contributed by atoms with Crippen molar-refractivity contribution in [1.29, 1.82) is 0 Å². The van der Waals surface area contributed by atoms with Crippen LogP contribution in [-0.4, -0.2) is 11.8 Å². The summed E-state index contributed by atoms with van der Waals surface area (Å²) in [4.78, 5) is 25.3. The largest absolute Gasteiger partial charge is 0.365 e. The number of benzene rings is 1. The van der Waals surface area contributed by atoms with E-state index in [4.69, 9.17) is 5.73 Å². The molecule has 0 bridgehead atoms. The van der Waals surface area contributed by atoms with Crippen LogP contribution in [0.3, 0.4) is 0 Å². The van der Waals surface area contributed by atoms with Crippen LogP contribution in [0.25, 0.3) is 0 Å². The van der Waals surface area contributed by atoms with Gasteiger partial charge in [-0.05, 0) is 36.3 Å². The molecule has 0 saturated heterocycles. The van der Waals surface area contributed by atoms with Crippen molar-refractivity contribution in [2.75, 3.05) is 5.32 Å². The van der Waals surface area contributed by atoms with Crippen LogP contribution < -0.4 is 11.1 Å². The molecule has 1 unspecified atom stereocenters. The second kappa shape index (κ2) is 6.54. The molecule has 1 atom stereocenters. The molecule has 4 nitrogen and oxygen atoms in total. The highest BCUT2D eigenvalue weighted by atomic mass is 32.1. The number of thiophene rings is 1. The van der Waals surface area contributed by atoms with Crippen LogP contribution in [-0.2, 0) is 24.1 Å². The highest BCUT2D eigenvalue weighted by Gasteiger charge is 2.27. The molecule has 0 radical (unpaired) electrons. The number of primary amides is 1. The van der Waals surface area contributed by atoms with Gasteiger partial charge in [-0.25, -0.2) is 0 Å². The topological polar surface area (TPSA) is 72.2 Å². The van der Waals surface area contributed by atoms with Gasteiger partial charge >= 0.3 is 0 Å². The van der Waals surface area contributed by atoms with Crippen LogP contribution in [0.1, 0.15) is 39.7 Å².